The van der Waals surface area contributed by atoms with Gasteiger partial charge in [-0.05, 0) is 30.0 Å². The van der Waals surface area contributed by atoms with Crippen molar-refractivity contribution in [1.29, 1.82) is 0 Å². The second kappa shape index (κ2) is 5.22. The number of amides is 1. The van der Waals surface area contributed by atoms with Gasteiger partial charge in [0.2, 0.25) is 0 Å². The summed E-state index contributed by atoms with van der Waals surface area (Å²) in [6.45, 7) is 5.30. The highest BCUT2D eigenvalue weighted by atomic mass is 35.5. The molecular formula is C14H17Cl2NO2. The van der Waals surface area contributed by atoms with Crippen molar-refractivity contribution in [3.05, 3.63) is 28.8 Å². The van der Waals surface area contributed by atoms with Gasteiger partial charge >= 0.3 is 0 Å². The molecule has 1 aromatic rings. The predicted octanol–water partition coefficient (Wildman–Crippen LogP) is 3.53. The van der Waals surface area contributed by atoms with Crippen LogP contribution in [-0.4, -0.2) is 34.4 Å². The van der Waals surface area contributed by atoms with Crippen LogP contribution in [0.4, 0.5) is 0 Å². The lowest BCUT2D eigenvalue weighted by molar-refractivity contribution is 0.0593. The third kappa shape index (κ3) is 2.98. The standard InChI is InChI=1S/C14H17Cl2NO2/c1-14(2)8-17(6-5-12(14)16)13(19)10-7-9(18)3-4-11(10)15/h3-4,7,12,18H,5-6,8H2,1-2H3. The number of hydrogen-bond acceptors (Lipinski definition) is 2. The zero-order valence-corrected chi connectivity index (χ0v) is 12.5. The first-order valence-corrected chi connectivity index (χ1v) is 7.04. The van der Waals surface area contributed by atoms with Gasteiger partial charge in [-0.3, -0.25) is 4.79 Å². The molecule has 19 heavy (non-hydrogen) atoms. The van der Waals surface area contributed by atoms with E-state index in [1.807, 2.05) is 13.8 Å². The lowest BCUT2D eigenvalue weighted by Gasteiger charge is -2.41. The lowest BCUT2D eigenvalue weighted by atomic mass is 9.83. The average molecular weight is 302 g/mol. The number of benzene rings is 1. The minimum atomic E-state index is -0.155. The van der Waals surface area contributed by atoms with Crippen LogP contribution in [0.25, 0.3) is 0 Å². The quantitative estimate of drug-likeness (QED) is 0.806. The van der Waals surface area contributed by atoms with E-state index in [9.17, 15) is 9.90 Å². The van der Waals surface area contributed by atoms with E-state index in [0.717, 1.165) is 6.42 Å². The Hall–Kier alpha value is -0.930. The van der Waals surface area contributed by atoms with Crippen LogP contribution < -0.4 is 0 Å². The summed E-state index contributed by atoms with van der Waals surface area (Å²) < 4.78 is 0. The fraction of sp³-hybridized carbons (Fsp3) is 0.500. The number of likely N-dealkylation sites (tertiary alicyclic amines) is 1. The fourth-order valence-corrected chi connectivity index (χ4v) is 2.72. The molecule has 0 bridgehead atoms. The Morgan fingerprint density at radius 1 is 1.47 bits per heavy atom. The van der Waals surface area contributed by atoms with E-state index in [4.69, 9.17) is 23.2 Å². The summed E-state index contributed by atoms with van der Waals surface area (Å²) in [5, 5.41) is 9.90. The normalized spacial score (nSPS) is 22.3. The number of phenolic OH excluding ortho intramolecular Hbond substituents is 1. The third-order valence-electron chi connectivity index (χ3n) is 3.57. The molecule has 0 spiro atoms. The maximum Gasteiger partial charge on any atom is 0.255 e. The van der Waals surface area contributed by atoms with Crippen molar-refractivity contribution in [3.8, 4) is 5.75 Å². The highest BCUT2D eigenvalue weighted by Gasteiger charge is 2.36. The molecule has 1 aromatic carbocycles. The fourth-order valence-electron chi connectivity index (χ4n) is 2.35. The predicted molar refractivity (Wildman–Crippen MR) is 77.1 cm³/mol. The van der Waals surface area contributed by atoms with Crippen molar-refractivity contribution in [2.24, 2.45) is 5.41 Å². The number of alkyl halides is 1. The monoisotopic (exact) mass is 301 g/mol. The smallest absolute Gasteiger partial charge is 0.255 e. The zero-order chi connectivity index (χ0) is 14.2. The maximum absolute atomic E-state index is 12.5. The highest BCUT2D eigenvalue weighted by molar-refractivity contribution is 6.33. The SMILES string of the molecule is CC1(C)CN(C(=O)c2cc(O)ccc2Cl)CCC1Cl. The molecule has 0 saturated carbocycles. The van der Waals surface area contributed by atoms with E-state index in [2.05, 4.69) is 0 Å². The van der Waals surface area contributed by atoms with Gasteiger partial charge in [0.15, 0.2) is 0 Å². The Labute approximate surface area is 123 Å². The molecule has 1 fully saturated rings. The van der Waals surface area contributed by atoms with Crippen molar-refractivity contribution >= 4 is 29.1 Å². The molecule has 1 aliphatic rings. The molecule has 0 aliphatic carbocycles. The van der Waals surface area contributed by atoms with Gasteiger partial charge in [0.05, 0.1) is 10.6 Å². The number of aromatic hydroxyl groups is 1. The van der Waals surface area contributed by atoms with Gasteiger partial charge in [0.1, 0.15) is 5.75 Å². The molecule has 1 atom stereocenters. The summed E-state index contributed by atoms with van der Waals surface area (Å²) in [5.74, 6) is -0.114. The van der Waals surface area contributed by atoms with E-state index < -0.39 is 0 Å². The van der Waals surface area contributed by atoms with Crippen molar-refractivity contribution in [1.82, 2.24) is 4.90 Å². The molecule has 1 heterocycles. The second-order valence-electron chi connectivity index (χ2n) is 5.64. The van der Waals surface area contributed by atoms with Gasteiger partial charge < -0.3 is 10.0 Å². The van der Waals surface area contributed by atoms with Crippen LogP contribution in [0.15, 0.2) is 18.2 Å². The van der Waals surface area contributed by atoms with Crippen LogP contribution in [-0.2, 0) is 0 Å². The molecule has 2 rings (SSSR count). The Balaban J connectivity index is 2.23. The number of rotatable bonds is 1. The van der Waals surface area contributed by atoms with Gasteiger partial charge in [0.25, 0.3) is 5.91 Å². The van der Waals surface area contributed by atoms with Crippen molar-refractivity contribution in [2.75, 3.05) is 13.1 Å². The number of carbonyl (C=O) groups excluding carboxylic acids is 1. The van der Waals surface area contributed by atoms with Crippen molar-refractivity contribution < 1.29 is 9.90 Å². The molecule has 3 nitrogen and oxygen atoms in total. The van der Waals surface area contributed by atoms with Crippen LogP contribution in [0.5, 0.6) is 5.75 Å². The van der Waals surface area contributed by atoms with Gasteiger partial charge in [0, 0.05) is 18.5 Å². The van der Waals surface area contributed by atoms with E-state index in [1.165, 1.54) is 18.2 Å². The van der Waals surface area contributed by atoms with Gasteiger partial charge in [-0.15, -0.1) is 11.6 Å². The molecule has 104 valence electrons. The average Bonchev–Trinajstić information content (AvgIpc) is 2.35. The summed E-state index contributed by atoms with van der Waals surface area (Å²) in [6.07, 6.45) is 0.761. The van der Waals surface area contributed by atoms with Crippen LogP contribution in [0.2, 0.25) is 5.02 Å². The van der Waals surface area contributed by atoms with Gasteiger partial charge in [-0.25, -0.2) is 0 Å². The van der Waals surface area contributed by atoms with Crippen LogP contribution >= 0.6 is 23.2 Å². The van der Waals surface area contributed by atoms with Crippen LogP contribution in [0, 0.1) is 5.41 Å². The molecule has 0 aromatic heterocycles. The van der Waals surface area contributed by atoms with Gasteiger partial charge in [-0.2, -0.15) is 0 Å². The Kier molecular flexibility index (Phi) is 3.98. The molecular weight excluding hydrogens is 285 g/mol. The first kappa shape index (κ1) is 14.5. The molecule has 5 heteroatoms. The maximum atomic E-state index is 12.5. The van der Waals surface area contributed by atoms with E-state index in [0.29, 0.717) is 23.7 Å². The Morgan fingerprint density at radius 2 is 2.16 bits per heavy atom. The lowest BCUT2D eigenvalue weighted by Crippen LogP contribution is -2.48. The Bertz CT molecular complexity index is 502. The van der Waals surface area contributed by atoms with Crippen molar-refractivity contribution in [3.63, 3.8) is 0 Å². The number of piperidine rings is 1. The topological polar surface area (TPSA) is 40.5 Å². The van der Waals surface area contributed by atoms with E-state index in [-0.39, 0.29) is 22.4 Å². The van der Waals surface area contributed by atoms with E-state index in [1.54, 1.807) is 4.90 Å². The number of halogens is 2. The molecule has 1 amide bonds. The van der Waals surface area contributed by atoms with Crippen molar-refractivity contribution in [2.45, 2.75) is 25.6 Å². The first-order chi connectivity index (χ1) is 8.81. The largest absolute Gasteiger partial charge is 0.508 e. The van der Waals surface area contributed by atoms with Gasteiger partial charge in [-0.1, -0.05) is 25.4 Å². The zero-order valence-electron chi connectivity index (χ0n) is 11.0. The third-order valence-corrected chi connectivity index (χ3v) is 4.70. The minimum absolute atomic E-state index is 0.0410. The first-order valence-electron chi connectivity index (χ1n) is 6.23. The highest BCUT2D eigenvalue weighted by Crippen LogP contribution is 2.34. The summed E-state index contributed by atoms with van der Waals surface area (Å²) in [5.41, 5.74) is 0.212. The van der Waals surface area contributed by atoms with Crippen LogP contribution in [0.1, 0.15) is 30.6 Å². The summed E-state index contributed by atoms with van der Waals surface area (Å²) in [4.78, 5) is 14.2. The molecule has 1 unspecified atom stereocenters. The van der Waals surface area contributed by atoms with E-state index >= 15 is 0 Å². The number of carbonyl (C=O) groups is 1. The number of hydrogen-bond donors (Lipinski definition) is 1. The molecule has 1 saturated heterocycles. The second-order valence-corrected chi connectivity index (χ2v) is 6.57. The summed E-state index contributed by atoms with van der Waals surface area (Å²) >= 11 is 12.3. The van der Waals surface area contributed by atoms with Crippen LogP contribution in [0.3, 0.4) is 0 Å². The molecule has 0 radical (unpaired) electrons. The molecule has 1 aliphatic heterocycles. The summed E-state index contributed by atoms with van der Waals surface area (Å²) in [6, 6.07) is 4.40. The number of phenols is 1. The summed E-state index contributed by atoms with van der Waals surface area (Å²) in [7, 11) is 0. The minimum Gasteiger partial charge on any atom is -0.508 e. The Morgan fingerprint density at radius 3 is 2.79 bits per heavy atom. The number of nitrogens with zero attached hydrogens (tertiary/aromatic N) is 1. The molecule has 1 N–H and O–H groups in total.